The van der Waals surface area contributed by atoms with Gasteiger partial charge in [-0.1, -0.05) is 12.1 Å². The summed E-state index contributed by atoms with van der Waals surface area (Å²) in [6, 6.07) is 6.03. The zero-order valence-corrected chi connectivity index (χ0v) is 15.1. The number of nitrogens with two attached hydrogens (primary N) is 1. The summed E-state index contributed by atoms with van der Waals surface area (Å²) in [7, 11) is -6.70. The quantitative estimate of drug-likeness (QED) is 0.844. The van der Waals surface area contributed by atoms with Crippen LogP contribution in [0, 0.1) is 5.92 Å². The summed E-state index contributed by atoms with van der Waals surface area (Å²) in [6.07, 6.45) is 2.90. The second-order valence-corrected chi connectivity index (χ2v) is 10.4. The van der Waals surface area contributed by atoms with Crippen molar-refractivity contribution in [2.24, 2.45) is 11.7 Å². The maximum atomic E-state index is 12.7. The fraction of sp³-hybridized carbons (Fsp3) is 0.600. The van der Waals surface area contributed by atoms with Crippen LogP contribution in [0.15, 0.2) is 29.2 Å². The molecule has 0 amide bonds. The Balaban J connectivity index is 2.19. The summed E-state index contributed by atoms with van der Waals surface area (Å²) in [5.74, 6) is 0.0760. The Hall–Kier alpha value is -0.960. The van der Waals surface area contributed by atoms with E-state index in [9.17, 15) is 16.8 Å². The second kappa shape index (κ2) is 6.88. The van der Waals surface area contributed by atoms with Crippen LogP contribution in [0.4, 0.5) is 0 Å². The van der Waals surface area contributed by atoms with Crippen LogP contribution in [0.2, 0.25) is 0 Å². The lowest BCUT2D eigenvalue weighted by molar-refractivity contribution is 0.243. The molecule has 2 rings (SSSR count). The first kappa shape index (κ1) is 18.4. The van der Waals surface area contributed by atoms with E-state index in [2.05, 4.69) is 0 Å². The van der Waals surface area contributed by atoms with E-state index >= 15 is 0 Å². The molecule has 0 aliphatic carbocycles. The number of hydrogen-bond donors (Lipinski definition) is 1. The average molecular weight is 361 g/mol. The van der Waals surface area contributed by atoms with Crippen molar-refractivity contribution in [1.82, 2.24) is 4.31 Å². The number of nitrogens with zero attached hydrogens (tertiary/aromatic N) is 1. The molecule has 2 atom stereocenters. The van der Waals surface area contributed by atoms with Crippen LogP contribution in [0.25, 0.3) is 0 Å². The second-order valence-electron chi connectivity index (χ2n) is 6.34. The van der Waals surface area contributed by atoms with Gasteiger partial charge < -0.3 is 5.73 Å². The largest absolute Gasteiger partial charge is 0.328 e. The SMILES string of the molecule is CC(N)C1CCCN(S(=O)(=O)c2ccc(CS(C)(=O)=O)cc2)C1. The fourth-order valence-corrected chi connectivity index (χ4v) is 5.16. The van der Waals surface area contributed by atoms with Crippen molar-refractivity contribution >= 4 is 19.9 Å². The smallest absolute Gasteiger partial charge is 0.243 e. The van der Waals surface area contributed by atoms with Gasteiger partial charge in [0.15, 0.2) is 9.84 Å². The molecule has 2 unspecified atom stereocenters. The maximum absolute atomic E-state index is 12.7. The van der Waals surface area contributed by atoms with Crippen LogP contribution in [-0.2, 0) is 25.6 Å². The molecule has 8 heteroatoms. The molecule has 2 N–H and O–H groups in total. The summed E-state index contributed by atoms with van der Waals surface area (Å²) in [6.45, 7) is 2.84. The molecule has 1 aromatic rings. The molecule has 130 valence electrons. The van der Waals surface area contributed by atoms with E-state index < -0.39 is 19.9 Å². The number of hydrogen-bond acceptors (Lipinski definition) is 5. The Labute approximate surface area is 138 Å². The van der Waals surface area contributed by atoms with E-state index in [0.717, 1.165) is 19.1 Å². The summed E-state index contributed by atoms with van der Waals surface area (Å²) in [4.78, 5) is 0.195. The first-order valence-corrected chi connectivity index (χ1v) is 11.1. The number of sulfone groups is 1. The minimum atomic E-state index is -3.56. The topological polar surface area (TPSA) is 97.5 Å². The van der Waals surface area contributed by atoms with Gasteiger partial charge >= 0.3 is 0 Å². The first-order chi connectivity index (χ1) is 10.6. The molecular formula is C15H24N2O4S2. The summed E-state index contributed by atoms with van der Waals surface area (Å²) in [5.41, 5.74) is 6.49. The molecule has 1 aliphatic heterocycles. The lowest BCUT2D eigenvalue weighted by Crippen LogP contribution is -2.44. The summed E-state index contributed by atoms with van der Waals surface area (Å²) >= 11 is 0. The zero-order valence-electron chi connectivity index (χ0n) is 13.5. The van der Waals surface area contributed by atoms with Gasteiger partial charge in [-0.25, -0.2) is 16.8 Å². The summed E-state index contributed by atoms with van der Waals surface area (Å²) < 4.78 is 49.5. The van der Waals surface area contributed by atoms with Crippen LogP contribution in [0.5, 0.6) is 0 Å². The van der Waals surface area contributed by atoms with E-state index in [1.165, 1.54) is 16.4 Å². The molecule has 1 aromatic carbocycles. The predicted molar refractivity (Wildman–Crippen MR) is 90.1 cm³/mol. The lowest BCUT2D eigenvalue weighted by atomic mass is 9.93. The normalized spacial score (nSPS) is 22.0. The Kier molecular flexibility index (Phi) is 5.50. The van der Waals surface area contributed by atoms with Gasteiger partial charge in [0, 0.05) is 25.4 Å². The molecule has 0 radical (unpaired) electrons. The molecule has 1 heterocycles. The zero-order chi connectivity index (χ0) is 17.3. The number of benzene rings is 1. The third-order valence-electron chi connectivity index (χ3n) is 4.15. The average Bonchev–Trinajstić information content (AvgIpc) is 2.46. The van der Waals surface area contributed by atoms with Gasteiger partial charge in [0.1, 0.15) is 0 Å². The van der Waals surface area contributed by atoms with Gasteiger partial charge in [0.2, 0.25) is 10.0 Å². The van der Waals surface area contributed by atoms with Crippen LogP contribution in [0.3, 0.4) is 0 Å². The number of rotatable bonds is 5. The summed E-state index contributed by atoms with van der Waals surface area (Å²) in [5, 5.41) is 0. The standard InChI is InChI=1S/C15H24N2O4S2/c1-12(16)14-4-3-9-17(10-14)23(20,21)15-7-5-13(6-8-15)11-22(2,18)19/h5-8,12,14H,3-4,9-11,16H2,1-2H3. The monoisotopic (exact) mass is 360 g/mol. The Morgan fingerprint density at radius 1 is 1.22 bits per heavy atom. The van der Waals surface area contributed by atoms with Crippen LogP contribution in [0.1, 0.15) is 25.3 Å². The molecule has 0 saturated carbocycles. The van der Waals surface area contributed by atoms with E-state index in [0.29, 0.717) is 18.7 Å². The highest BCUT2D eigenvalue weighted by Crippen LogP contribution is 2.25. The molecule has 23 heavy (non-hydrogen) atoms. The van der Waals surface area contributed by atoms with Gasteiger partial charge in [-0.15, -0.1) is 0 Å². The molecule has 1 saturated heterocycles. The van der Waals surface area contributed by atoms with Crippen molar-refractivity contribution in [2.45, 2.75) is 36.5 Å². The van der Waals surface area contributed by atoms with E-state index in [1.807, 2.05) is 6.92 Å². The molecular weight excluding hydrogens is 336 g/mol. The first-order valence-electron chi connectivity index (χ1n) is 7.62. The number of sulfonamides is 1. The molecule has 0 aromatic heterocycles. The van der Waals surface area contributed by atoms with Crippen LogP contribution in [-0.4, -0.2) is 46.5 Å². The van der Waals surface area contributed by atoms with E-state index in [4.69, 9.17) is 5.73 Å². The van der Waals surface area contributed by atoms with Crippen molar-refractivity contribution in [3.63, 3.8) is 0 Å². The van der Waals surface area contributed by atoms with Crippen LogP contribution >= 0.6 is 0 Å². The van der Waals surface area contributed by atoms with Gasteiger partial charge in [-0.2, -0.15) is 4.31 Å². The van der Waals surface area contributed by atoms with E-state index in [1.54, 1.807) is 12.1 Å². The number of piperidine rings is 1. The third-order valence-corrected chi connectivity index (χ3v) is 6.89. The minimum Gasteiger partial charge on any atom is -0.328 e. The van der Waals surface area contributed by atoms with Crippen molar-refractivity contribution in [2.75, 3.05) is 19.3 Å². The fourth-order valence-electron chi connectivity index (χ4n) is 2.83. The Morgan fingerprint density at radius 3 is 2.35 bits per heavy atom. The van der Waals surface area contributed by atoms with Crippen molar-refractivity contribution < 1.29 is 16.8 Å². The highest BCUT2D eigenvalue weighted by atomic mass is 32.2. The van der Waals surface area contributed by atoms with Gasteiger partial charge in [0.05, 0.1) is 10.6 Å². The molecule has 1 fully saturated rings. The van der Waals surface area contributed by atoms with Crippen molar-refractivity contribution in [3.8, 4) is 0 Å². The van der Waals surface area contributed by atoms with Crippen molar-refractivity contribution in [3.05, 3.63) is 29.8 Å². The molecule has 0 spiro atoms. The van der Waals surface area contributed by atoms with Gasteiger partial charge in [0.25, 0.3) is 0 Å². The highest BCUT2D eigenvalue weighted by molar-refractivity contribution is 7.90. The molecule has 1 aliphatic rings. The predicted octanol–water partition coefficient (Wildman–Crippen LogP) is 0.979. The van der Waals surface area contributed by atoms with Gasteiger partial charge in [-0.05, 0) is 43.4 Å². The highest BCUT2D eigenvalue weighted by Gasteiger charge is 2.31. The maximum Gasteiger partial charge on any atom is 0.243 e. The molecule has 6 nitrogen and oxygen atoms in total. The Morgan fingerprint density at radius 2 is 1.83 bits per heavy atom. The van der Waals surface area contributed by atoms with Gasteiger partial charge in [-0.3, -0.25) is 0 Å². The lowest BCUT2D eigenvalue weighted by Gasteiger charge is -2.33. The minimum absolute atomic E-state index is 0.0369. The third kappa shape index (κ3) is 4.76. The van der Waals surface area contributed by atoms with E-state index in [-0.39, 0.29) is 22.6 Å². The Bertz CT molecular complexity index is 740. The van der Waals surface area contributed by atoms with Crippen LogP contribution < -0.4 is 5.73 Å². The molecule has 0 bridgehead atoms. The van der Waals surface area contributed by atoms with Crippen molar-refractivity contribution in [1.29, 1.82) is 0 Å².